The number of hydrogen-bond donors (Lipinski definition) is 2. The molecule has 36 heavy (non-hydrogen) atoms. The minimum absolute atomic E-state index is 0.407. The molecule has 0 radical (unpaired) electrons. The van der Waals surface area contributed by atoms with Gasteiger partial charge in [-0.2, -0.15) is 26.3 Å². The van der Waals surface area contributed by atoms with E-state index in [-0.39, 0.29) is 0 Å². The van der Waals surface area contributed by atoms with Crippen LogP contribution < -0.4 is 9.80 Å². The number of aliphatic carboxylic acids is 2. The summed E-state index contributed by atoms with van der Waals surface area (Å²) in [7, 11) is 0. The third-order valence-electron chi connectivity index (χ3n) is 5.42. The highest BCUT2D eigenvalue weighted by Crippen LogP contribution is 2.41. The molecule has 0 amide bonds. The quantitative estimate of drug-likeness (QED) is 0.565. The van der Waals surface area contributed by atoms with E-state index in [1.165, 1.54) is 19.3 Å². The van der Waals surface area contributed by atoms with Gasteiger partial charge in [0.25, 0.3) is 0 Å². The normalized spacial score (nSPS) is 16.9. The fourth-order valence-electron chi connectivity index (χ4n) is 3.60. The summed E-state index contributed by atoms with van der Waals surface area (Å²) in [5, 5.41) is 14.2. The molecule has 2 aliphatic heterocycles. The van der Waals surface area contributed by atoms with E-state index >= 15 is 0 Å². The van der Waals surface area contributed by atoms with E-state index in [0.717, 1.165) is 38.1 Å². The summed E-state index contributed by atoms with van der Waals surface area (Å²) in [6.07, 6.45) is 0.719. The Hall–Kier alpha value is -3.72. The molecule has 0 atom stereocenters. The van der Waals surface area contributed by atoms with Crippen molar-refractivity contribution in [3.05, 3.63) is 36.9 Å². The molecule has 2 aromatic heterocycles. The molecule has 4 rings (SSSR count). The van der Waals surface area contributed by atoms with Gasteiger partial charge in [-0.05, 0) is 36.8 Å². The first kappa shape index (κ1) is 28.5. The second-order valence-corrected chi connectivity index (χ2v) is 7.86. The summed E-state index contributed by atoms with van der Waals surface area (Å²) in [6.45, 7) is 4.20. The monoisotopic (exact) mass is 524 g/mol. The Bertz CT molecular complexity index is 962. The lowest BCUT2D eigenvalue weighted by atomic mass is 9.78. The van der Waals surface area contributed by atoms with Gasteiger partial charge in [-0.15, -0.1) is 0 Å². The van der Waals surface area contributed by atoms with Gasteiger partial charge in [-0.1, -0.05) is 0 Å². The second kappa shape index (κ2) is 11.8. The van der Waals surface area contributed by atoms with Crippen LogP contribution in [-0.2, 0) is 9.59 Å². The predicted octanol–water partition coefficient (Wildman–Crippen LogP) is 3.03. The Kier molecular flexibility index (Phi) is 9.35. The summed E-state index contributed by atoms with van der Waals surface area (Å²) in [4.78, 5) is 39.9. The first-order chi connectivity index (χ1) is 16.7. The first-order valence-electron chi connectivity index (χ1n) is 10.4. The molecule has 2 N–H and O–H groups in total. The van der Waals surface area contributed by atoms with Crippen molar-refractivity contribution in [2.45, 2.75) is 31.6 Å². The van der Waals surface area contributed by atoms with Crippen LogP contribution in [0, 0.1) is 5.41 Å². The fraction of sp³-hybridized carbons (Fsp3) is 0.500. The number of halogens is 6. The van der Waals surface area contributed by atoms with Crippen LogP contribution in [0.4, 0.5) is 38.2 Å². The minimum atomic E-state index is -5.08. The topological polar surface area (TPSA) is 133 Å². The first-order valence-corrected chi connectivity index (χ1v) is 10.4. The summed E-state index contributed by atoms with van der Waals surface area (Å²) in [5.74, 6) is -3.79. The van der Waals surface area contributed by atoms with Gasteiger partial charge in [0.1, 0.15) is 0 Å². The van der Waals surface area contributed by atoms with E-state index in [9.17, 15) is 26.3 Å². The van der Waals surface area contributed by atoms with E-state index in [1.807, 2.05) is 36.9 Å². The van der Waals surface area contributed by atoms with E-state index in [1.54, 1.807) is 0 Å². The highest BCUT2D eigenvalue weighted by Gasteiger charge is 2.42. The zero-order chi connectivity index (χ0) is 27.0. The van der Waals surface area contributed by atoms with Crippen LogP contribution >= 0.6 is 0 Å². The smallest absolute Gasteiger partial charge is 0.475 e. The number of aromatic nitrogens is 4. The summed E-state index contributed by atoms with van der Waals surface area (Å²) < 4.78 is 63.5. The van der Waals surface area contributed by atoms with Crippen molar-refractivity contribution < 1.29 is 46.1 Å². The number of nitrogens with zero attached hydrogens (tertiary/aromatic N) is 6. The highest BCUT2D eigenvalue weighted by molar-refractivity contribution is 5.73. The van der Waals surface area contributed by atoms with Crippen molar-refractivity contribution in [1.29, 1.82) is 0 Å². The SMILES string of the molecule is O=C(O)C(F)(F)F.O=C(O)C(F)(F)F.c1cnc(N2CCC3(CC2)CCN(c2ncccn2)C3)nc1. The van der Waals surface area contributed by atoms with E-state index < -0.39 is 24.3 Å². The van der Waals surface area contributed by atoms with Gasteiger partial charge in [0.15, 0.2) is 0 Å². The molecule has 0 aromatic carbocycles. The highest BCUT2D eigenvalue weighted by atomic mass is 19.4. The van der Waals surface area contributed by atoms with Gasteiger partial charge in [0.2, 0.25) is 11.9 Å². The zero-order valence-corrected chi connectivity index (χ0v) is 18.6. The average molecular weight is 524 g/mol. The number of piperidine rings is 1. The Balaban J connectivity index is 0.000000271. The van der Waals surface area contributed by atoms with Gasteiger partial charge in [-0.25, -0.2) is 29.5 Å². The van der Waals surface area contributed by atoms with Crippen molar-refractivity contribution >= 4 is 23.8 Å². The number of rotatable bonds is 2. The average Bonchev–Trinajstić information content (AvgIpc) is 3.24. The van der Waals surface area contributed by atoms with E-state index in [0.29, 0.717) is 5.41 Å². The molecular weight excluding hydrogens is 502 g/mol. The maximum atomic E-state index is 10.6. The lowest BCUT2D eigenvalue weighted by Gasteiger charge is -2.39. The van der Waals surface area contributed by atoms with Gasteiger partial charge < -0.3 is 20.0 Å². The Morgan fingerprint density at radius 3 is 1.33 bits per heavy atom. The molecule has 4 heterocycles. The third-order valence-corrected chi connectivity index (χ3v) is 5.42. The van der Waals surface area contributed by atoms with E-state index in [2.05, 4.69) is 29.7 Å². The molecule has 0 bridgehead atoms. The second-order valence-electron chi connectivity index (χ2n) is 7.86. The van der Waals surface area contributed by atoms with Crippen molar-refractivity contribution in [2.75, 3.05) is 36.0 Å². The molecule has 0 saturated carbocycles. The summed E-state index contributed by atoms with van der Waals surface area (Å²) >= 11 is 0. The number of carbonyl (C=O) groups is 2. The van der Waals surface area contributed by atoms with Gasteiger partial charge in [0, 0.05) is 51.0 Å². The van der Waals surface area contributed by atoms with Crippen molar-refractivity contribution in [3.8, 4) is 0 Å². The number of anilines is 2. The molecule has 2 aromatic rings. The van der Waals surface area contributed by atoms with Crippen LogP contribution in [0.25, 0.3) is 0 Å². The maximum absolute atomic E-state index is 10.6. The van der Waals surface area contributed by atoms with Crippen LogP contribution in [-0.4, -0.2) is 80.6 Å². The minimum Gasteiger partial charge on any atom is -0.475 e. The Morgan fingerprint density at radius 2 is 1.00 bits per heavy atom. The number of carboxylic acids is 2. The lowest BCUT2D eigenvalue weighted by molar-refractivity contribution is -0.193. The van der Waals surface area contributed by atoms with Gasteiger partial charge in [-0.3, -0.25) is 0 Å². The van der Waals surface area contributed by atoms with Crippen LogP contribution in [0.2, 0.25) is 0 Å². The van der Waals surface area contributed by atoms with Crippen LogP contribution in [0.5, 0.6) is 0 Å². The lowest BCUT2D eigenvalue weighted by Crippen LogP contribution is -2.42. The fourth-order valence-corrected chi connectivity index (χ4v) is 3.60. The summed E-state index contributed by atoms with van der Waals surface area (Å²) in [5.41, 5.74) is 0.407. The molecule has 2 saturated heterocycles. The zero-order valence-electron chi connectivity index (χ0n) is 18.6. The van der Waals surface area contributed by atoms with Gasteiger partial charge >= 0.3 is 24.3 Å². The number of hydrogen-bond acceptors (Lipinski definition) is 8. The molecule has 2 fully saturated rings. The molecular formula is C20H22F6N6O4. The van der Waals surface area contributed by atoms with Crippen LogP contribution in [0.1, 0.15) is 19.3 Å². The molecule has 1 spiro atoms. The van der Waals surface area contributed by atoms with Crippen molar-refractivity contribution in [1.82, 2.24) is 19.9 Å². The third kappa shape index (κ3) is 8.49. The largest absolute Gasteiger partial charge is 0.490 e. The standard InChI is InChI=1S/C16H20N6.2C2HF3O2/c1-6-17-14(18-7-1)21-10-3-16(4-11-21)5-12-22(13-16)15-19-8-2-9-20-15;2*3-2(4,5)1(6)7/h1-2,6-9H,3-5,10-13H2;2*(H,6,7). The van der Waals surface area contributed by atoms with Crippen LogP contribution in [0.15, 0.2) is 36.9 Å². The Labute approximate surface area is 200 Å². The van der Waals surface area contributed by atoms with E-state index in [4.69, 9.17) is 19.8 Å². The molecule has 198 valence electrons. The van der Waals surface area contributed by atoms with Gasteiger partial charge in [0.05, 0.1) is 0 Å². The predicted molar refractivity (Wildman–Crippen MR) is 112 cm³/mol. The summed E-state index contributed by atoms with van der Waals surface area (Å²) in [6, 6.07) is 3.73. The number of alkyl halides is 6. The van der Waals surface area contributed by atoms with Crippen molar-refractivity contribution in [3.63, 3.8) is 0 Å². The molecule has 10 nitrogen and oxygen atoms in total. The van der Waals surface area contributed by atoms with Crippen molar-refractivity contribution in [2.24, 2.45) is 5.41 Å². The molecule has 16 heteroatoms. The molecule has 0 aliphatic carbocycles. The molecule has 2 aliphatic rings. The number of carboxylic acid groups (broad SMARTS) is 2. The van der Waals surface area contributed by atoms with Crippen LogP contribution in [0.3, 0.4) is 0 Å². The maximum Gasteiger partial charge on any atom is 0.490 e. The molecule has 0 unspecified atom stereocenters. The Morgan fingerprint density at radius 1 is 0.694 bits per heavy atom.